The minimum atomic E-state index is -0.178. The normalized spacial score (nSPS) is 15.3. The van der Waals surface area contributed by atoms with Crippen LogP contribution in [0.1, 0.15) is 47.2 Å². The summed E-state index contributed by atoms with van der Waals surface area (Å²) < 4.78 is 1.79. The molecule has 2 aromatic rings. The number of amides is 1. The highest BCUT2D eigenvalue weighted by atomic mass is 35.5. The zero-order valence-electron chi connectivity index (χ0n) is 13.9. The van der Waals surface area contributed by atoms with Gasteiger partial charge in [-0.25, -0.2) is 4.98 Å². The lowest BCUT2D eigenvalue weighted by Crippen LogP contribution is -2.37. The molecule has 1 atom stereocenters. The van der Waals surface area contributed by atoms with Crippen LogP contribution < -0.4 is 16.6 Å². The highest BCUT2D eigenvalue weighted by Gasteiger charge is 2.22. The third-order valence-corrected chi connectivity index (χ3v) is 5.53. The van der Waals surface area contributed by atoms with Crippen LogP contribution in [0.3, 0.4) is 0 Å². The fourth-order valence-electron chi connectivity index (χ4n) is 2.97. The highest BCUT2D eigenvalue weighted by molar-refractivity contribution is 7.20. The molecule has 0 saturated carbocycles. The summed E-state index contributed by atoms with van der Waals surface area (Å²) in [5.41, 5.74) is 6.27. The van der Waals surface area contributed by atoms with Crippen molar-refractivity contribution in [1.29, 1.82) is 0 Å². The number of carbonyl (C=O) groups is 1. The minimum Gasteiger partial charge on any atom is -0.348 e. The smallest absolute Gasteiger partial charge is 0.262 e. The lowest BCUT2D eigenvalue weighted by molar-refractivity contribution is 0.0945. The average molecular weight is 371 g/mol. The van der Waals surface area contributed by atoms with Gasteiger partial charge in [0.05, 0.1) is 10.3 Å². The number of nitrogens with zero attached hydrogens (tertiary/aromatic N) is 2. The molecule has 0 spiro atoms. The van der Waals surface area contributed by atoms with Crippen LogP contribution in [0.25, 0.3) is 10.2 Å². The van der Waals surface area contributed by atoms with Gasteiger partial charge in [-0.1, -0.05) is 6.42 Å². The van der Waals surface area contributed by atoms with Crippen LogP contribution in [-0.2, 0) is 13.0 Å². The highest BCUT2D eigenvalue weighted by Crippen LogP contribution is 2.28. The molecule has 8 heteroatoms. The van der Waals surface area contributed by atoms with E-state index in [2.05, 4.69) is 10.3 Å². The Morgan fingerprint density at radius 3 is 2.88 bits per heavy atom. The van der Waals surface area contributed by atoms with Gasteiger partial charge in [0.15, 0.2) is 0 Å². The van der Waals surface area contributed by atoms with Gasteiger partial charge in [0.2, 0.25) is 0 Å². The van der Waals surface area contributed by atoms with Gasteiger partial charge in [-0.05, 0) is 32.3 Å². The number of nitrogens with two attached hydrogens (primary N) is 1. The Morgan fingerprint density at radius 1 is 1.42 bits per heavy atom. The van der Waals surface area contributed by atoms with Crippen molar-refractivity contribution in [3.8, 4) is 0 Å². The number of halogens is 1. The molecular formula is C16H23ClN4O2S. The molecule has 3 heterocycles. The molecule has 1 amide bonds. The van der Waals surface area contributed by atoms with E-state index in [0.29, 0.717) is 21.6 Å². The van der Waals surface area contributed by atoms with Crippen molar-refractivity contribution in [1.82, 2.24) is 14.9 Å². The molecule has 0 unspecified atom stereocenters. The fourth-order valence-corrected chi connectivity index (χ4v) is 4.07. The number of aromatic nitrogens is 2. The molecular weight excluding hydrogens is 348 g/mol. The lowest BCUT2D eigenvalue weighted by Gasteiger charge is -2.10. The summed E-state index contributed by atoms with van der Waals surface area (Å²) in [6.45, 7) is 4.78. The molecule has 6 nitrogen and oxygen atoms in total. The maximum Gasteiger partial charge on any atom is 0.262 e. The Balaban J connectivity index is 0.00000208. The van der Waals surface area contributed by atoms with E-state index >= 15 is 0 Å². The molecule has 2 aromatic heterocycles. The number of fused-ring (bicyclic) bond motifs is 2. The molecule has 132 valence electrons. The third-order valence-electron chi connectivity index (χ3n) is 4.35. The second-order valence-electron chi connectivity index (χ2n) is 6.14. The van der Waals surface area contributed by atoms with E-state index in [1.54, 1.807) is 4.57 Å². The number of carbonyl (C=O) groups excluding carboxylic acids is 1. The molecule has 0 radical (unpaired) electrons. The maximum absolute atomic E-state index is 12.8. The number of hydrogen-bond donors (Lipinski definition) is 2. The lowest BCUT2D eigenvalue weighted by atomic mass is 10.2. The molecule has 0 aromatic carbocycles. The number of thiophene rings is 1. The SMILES string of the molecule is Cc1c(C(=O)N[C@@H](C)CN)sc2nc3n(c(=O)c12)CCCCC3.Cl. The molecule has 0 fully saturated rings. The molecule has 0 bridgehead atoms. The van der Waals surface area contributed by atoms with Crippen molar-refractivity contribution < 1.29 is 4.79 Å². The Bertz CT molecular complexity index is 814. The molecule has 0 saturated heterocycles. The Morgan fingerprint density at radius 2 is 2.17 bits per heavy atom. The predicted molar refractivity (Wildman–Crippen MR) is 99.4 cm³/mol. The first-order chi connectivity index (χ1) is 11.0. The fraction of sp³-hybridized carbons (Fsp3) is 0.562. The van der Waals surface area contributed by atoms with Gasteiger partial charge in [-0.3, -0.25) is 14.2 Å². The first-order valence-electron chi connectivity index (χ1n) is 8.06. The largest absolute Gasteiger partial charge is 0.348 e. The zero-order valence-corrected chi connectivity index (χ0v) is 15.6. The molecule has 3 rings (SSSR count). The van der Waals surface area contributed by atoms with Crippen molar-refractivity contribution in [2.45, 2.75) is 52.1 Å². The van der Waals surface area contributed by atoms with Gasteiger partial charge >= 0.3 is 0 Å². The average Bonchev–Trinajstić information content (AvgIpc) is 2.71. The van der Waals surface area contributed by atoms with Gasteiger partial charge in [-0.15, -0.1) is 23.7 Å². The van der Waals surface area contributed by atoms with E-state index in [-0.39, 0.29) is 29.9 Å². The summed E-state index contributed by atoms with van der Waals surface area (Å²) in [7, 11) is 0. The van der Waals surface area contributed by atoms with Crippen LogP contribution in [0, 0.1) is 6.92 Å². The van der Waals surface area contributed by atoms with Gasteiger partial charge in [-0.2, -0.15) is 0 Å². The number of aryl methyl sites for hydroxylation is 2. The summed E-state index contributed by atoms with van der Waals surface area (Å²) in [6.07, 6.45) is 4.02. The summed E-state index contributed by atoms with van der Waals surface area (Å²) in [5, 5.41) is 3.45. The minimum absolute atomic E-state index is 0. The summed E-state index contributed by atoms with van der Waals surface area (Å²) >= 11 is 1.30. The van der Waals surface area contributed by atoms with Crippen LogP contribution in [0.2, 0.25) is 0 Å². The van der Waals surface area contributed by atoms with Gasteiger partial charge < -0.3 is 11.1 Å². The molecule has 1 aliphatic rings. The molecule has 24 heavy (non-hydrogen) atoms. The van der Waals surface area contributed by atoms with E-state index in [4.69, 9.17) is 5.73 Å². The summed E-state index contributed by atoms with van der Waals surface area (Å²) in [6, 6.07) is -0.0992. The van der Waals surface area contributed by atoms with Crippen molar-refractivity contribution in [2.24, 2.45) is 5.73 Å². The number of rotatable bonds is 3. The second-order valence-corrected chi connectivity index (χ2v) is 7.14. The zero-order chi connectivity index (χ0) is 16.6. The first-order valence-corrected chi connectivity index (χ1v) is 8.88. The summed E-state index contributed by atoms with van der Waals surface area (Å²) in [5.74, 6) is 0.673. The topological polar surface area (TPSA) is 90.0 Å². The second kappa shape index (κ2) is 7.63. The van der Waals surface area contributed by atoms with Crippen LogP contribution in [-0.4, -0.2) is 28.0 Å². The molecule has 3 N–H and O–H groups in total. The Hall–Kier alpha value is -1.44. The van der Waals surface area contributed by atoms with Crippen LogP contribution in [0.4, 0.5) is 0 Å². The molecule has 1 aliphatic heterocycles. The van der Waals surface area contributed by atoms with Crippen LogP contribution in [0.5, 0.6) is 0 Å². The van der Waals surface area contributed by atoms with Crippen molar-refractivity contribution >= 4 is 39.9 Å². The first kappa shape index (κ1) is 18.9. The van der Waals surface area contributed by atoms with Gasteiger partial charge in [0.1, 0.15) is 10.7 Å². The van der Waals surface area contributed by atoms with Gasteiger partial charge in [0, 0.05) is 25.6 Å². The van der Waals surface area contributed by atoms with E-state index in [9.17, 15) is 9.59 Å². The number of nitrogens with one attached hydrogen (secondary N) is 1. The number of hydrogen-bond acceptors (Lipinski definition) is 5. The van der Waals surface area contributed by atoms with Crippen molar-refractivity contribution in [2.75, 3.05) is 6.54 Å². The predicted octanol–water partition coefficient (Wildman–Crippen LogP) is 1.99. The Kier molecular flexibility index (Phi) is 6.01. The van der Waals surface area contributed by atoms with E-state index in [1.807, 2.05) is 13.8 Å². The van der Waals surface area contributed by atoms with E-state index in [0.717, 1.165) is 43.6 Å². The van der Waals surface area contributed by atoms with Crippen molar-refractivity contribution in [3.63, 3.8) is 0 Å². The summed E-state index contributed by atoms with van der Waals surface area (Å²) in [4.78, 5) is 31.1. The quantitative estimate of drug-likeness (QED) is 0.864. The van der Waals surface area contributed by atoms with Crippen LogP contribution in [0.15, 0.2) is 4.79 Å². The van der Waals surface area contributed by atoms with Crippen LogP contribution >= 0.6 is 23.7 Å². The third kappa shape index (κ3) is 3.34. The van der Waals surface area contributed by atoms with Gasteiger partial charge in [0.25, 0.3) is 11.5 Å². The maximum atomic E-state index is 12.8. The standard InChI is InChI=1S/C16H22N4O2S.ClH/c1-9(8-17)18-14(21)13-10(2)12-15(23-13)19-11-6-4-3-5-7-20(11)16(12)22;/h9H,3-8,17H2,1-2H3,(H,18,21);1H/t9-;/m0./s1. The monoisotopic (exact) mass is 370 g/mol. The van der Waals surface area contributed by atoms with E-state index in [1.165, 1.54) is 11.3 Å². The van der Waals surface area contributed by atoms with E-state index < -0.39 is 0 Å². The molecule has 0 aliphatic carbocycles. The van der Waals surface area contributed by atoms with Crippen molar-refractivity contribution in [3.05, 3.63) is 26.6 Å². The Labute approximate surface area is 150 Å².